The summed E-state index contributed by atoms with van der Waals surface area (Å²) < 4.78 is 1.13. The molecular weight excluding hydrogens is 228 g/mol. The summed E-state index contributed by atoms with van der Waals surface area (Å²) in [6.45, 7) is 3.23. The van der Waals surface area contributed by atoms with Crippen molar-refractivity contribution >= 4 is 27.3 Å². The Morgan fingerprint density at radius 2 is 2.31 bits per heavy atom. The van der Waals surface area contributed by atoms with Crippen LogP contribution in [0.1, 0.15) is 6.92 Å². The molecule has 13 heavy (non-hydrogen) atoms. The van der Waals surface area contributed by atoms with Gasteiger partial charge in [-0.1, -0.05) is 15.9 Å². The number of fused-ring (bicyclic) bond motifs is 1. The number of nitrogens with one attached hydrogen (secondary N) is 1. The zero-order chi connectivity index (χ0) is 9.42. The van der Waals surface area contributed by atoms with E-state index in [0.29, 0.717) is 6.04 Å². The van der Waals surface area contributed by atoms with Crippen LogP contribution < -0.4 is 10.2 Å². The predicted molar refractivity (Wildman–Crippen MR) is 60.5 cm³/mol. The summed E-state index contributed by atoms with van der Waals surface area (Å²) in [5.41, 5.74) is 2.50. The number of nitrogens with zero attached hydrogens (tertiary/aromatic N) is 1. The molecule has 0 amide bonds. The highest BCUT2D eigenvalue weighted by molar-refractivity contribution is 9.10. The summed E-state index contributed by atoms with van der Waals surface area (Å²) in [5.74, 6) is 0. The van der Waals surface area contributed by atoms with Crippen molar-refractivity contribution in [2.75, 3.05) is 23.8 Å². The molecule has 1 aromatic rings. The van der Waals surface area contributed by atoms with Crippen LogP contribution in [0.25, 0.3) is 0 Å². The van der Waals surface area contributed by atoms with Crippen LogP contribution in [0.2, 0.25) is 0 Å². The summed E-state index contributed by atoms with van der Waals surface area (Å²) in [7, 11) is 2.14. The summed E-state index contributed by atoms with van der Waals surface area (Å²) in [6.07, 6.45) is 0. The van der Waals surface area contributed by atoms with E-state index in [9.17, 15) is 0 Å². The van der Waals surface area contributed by atoms with Crippen molar-refractivity contribution in [3.05, 3.63) is 22.7 Å². The molecule has 1 heterocycles. The third kappa shape index (κ3) is 1.53. The first-order chi connectivity index (χ1) is 6.18. The van der Waals surface area contributed by atoms with Gasteiger partial charge in [-0.25, -0.2) is 0 Å². The van der Waals surface area contributed by atoms with Gasteiger partial charge in [0.2, 0.25) is 0 Å². The van der Waals surface area contributed by atoms with Crippen LogP contribution in [0.15, 0.2) is 22.7 Å². The van der Waals surface area contributed by atoms with Crippen molar-refractivity contribution < 1.29 is 0 Å². The lowest BCUT2D eigenvalue weighted by molar-refractivity contribution is 0.699. The molecule has 0 saturated heterocycles. The van der Waals surface area contributed by atoms with Gasteiger partial charge < -0.3 is 10.2 Å². The predicted octanol–water partition coefficient (Wildman–Crippen LogP) is 2.70. The lowest BCUT2D eigenvalue weighted by Gasteiger charge is -2.34. The van der Waals surface area contributed by atoms with Gasteiger partial charge in [-0.2, -0.15) is 0 Å². The minimum atomic E-state index is 0.564. The lowest BCUT2D eigenvalue weighted by atomic mass is 10.1. The topological polar surface area (TPSA) is 15.3 Å². The van der Waals surface area contributed by atoms with E-state index in [0.717, 1.165) is 11.0 Å². The Bertz CT molecular complexity index is 325. The standard InChI is InChI=1S/C10H13BrN2/c1-7-6-12-9-5-8(11)3-4-10(9)13(7)2/h3-5,7,12H,6H2,1-2H3. The van der Waals surface area contributed by atoms with Crippen LogP contribution >= 0.6 is 15.9 Å². The molecule has 0 fully saturated rings. The van der Waals surface area contributed by atoms with Crippen LogP contribution in [0, 0.1) is 0 Å². The van der Waals surface area contributed by atoms with Gasteiger partial charge in [0.25, 0.3) is 0 Å². The van der Waals surface area contributed by atoms with Crippen molar-refractivity contribution in [1.29, 1.82) is 0 Å². The Balaban J connectivity index is 2.44. The Hall–Kier alpha value is -0.700. The molecule has 1 unspecified atom stereocenters. The molecule has 3 heteroatoms. The molecule has 70 valence electrons. The second-order valence-electron chi connectivity index (χ2n) is 3.50. The van der Waals surface area contributed by atoms with Gasteiger partial charge in [-0.3, -0.25) is 0 Å². The van der Waals surface area contributed by atoms with Crippen molar-refractivity contribution in [1.82, 2.24) is 0 Å². The van der Waals surface area contributed by atoms with Gasteiger partial charge in [-0.05, 0) is 25.1 Å². The SMILES string of the molecule is CC1CNc2cc(Br)ccc2N1C. The van der Waals surface area contributed by atoms with Crippen LogP contribution in [-0.4, -0.2) is 19.6 Å². The molecule has 1 N–H and O–H groups in total. The van der Waals surface area contributed by atoms with E-state index in [-0.39, 0.29) is 0 Å². The molecule has 0 bridgehead atoms. The first-order valence-electron chi connectivity index (χ1n) is 4.45. The summed E-state index contributed by atoms with van der Waals surface area (Å²) in [6, 6.07) is 6.91. The molecule has 0 aromatic heterocycles. The van der Waals surface area contributed by atoms with Crippen LogP contribution in [0.5, 0.6) is 0 Å². The van der Waals surface area contributed by atoms with E-state index in [1.807, 2.05) is 0 Å². The zero-order valence-corrected chi connectivity index (χ0v) is 9.43. The molecule has 0 saturated carbocycles. The summed E-state index contributed by atoms with van der Waals surface area (Å²) in [4.78, 5) is 2.30. The maximum atomic E-state index is 3.47. The molecule has 1 aliphatic rings. The molecule has 0 spiro atoms. The maximum Gasteiger partial charge on any atom is 0.0603 e. The minimum Gasteiger partial charge on any atom is -0.381 e. The van der Waals surface area contributed by atoms with Gasteiger partial charge in [0, 0.05) is 24.1 Å². The molecule has 1 aromatic carbocycles. The highest BCUT2D eigenvalue weighted by atomic mass is 79.9. The minimum absolute atomic E-state index is 0.564. The quantitative estimate of drug-likeness (QED) is 0.751. The smallest absolute Gasteiger partial charge is 0.0603 e. The van der Waals surface area contributed by atoms with Crippen LogP contribution in [0.4, 0.5) is 11.4 Å². The lowest BCUT2D eigenvalue weighted by Crippen LogP contribution is -2.39. The van der Waals surface area contributed by atoms with Crippen molar-refractivity contribution in [3.8, 4) is 0 Å². The zero-order valence-electron chi connectivity index (χ0n) is 7.84. The van der Waals surface area contributed by atoms with Crippen molar-refractivity contribution in [2.45, 2.75) is 13.0 Å². The summed E-state index contributed by atoms with van der Waals surface area (Å²) in [5, 5.41) is 3.41. The normalized spacial score (nSPS) is 20.8. The Kier molecular flexibility index (Phi) is 2.20. The third-order valence-electron chi connectivity index (χ3n) is 2.59. The largest absolute Gasteiger partial charge is 0.381 e. The molecule has 1 aliphatic heterocycles. The number of hydrogen-bond donors (Lipinski definition) is 1. The molecular formula is C10H13BrN2. The number of benzene rings is 1. The van der Waals surface area contributed by atoms with Crippen molar-refractivity contribution in [2.24, 2.45) is 0 Å². The molecule has 0 radical (unpaired) electrons. The van der Waals surface area contributed by atoms with Crippen LogP contribution in [0.3, 0.4) is 0 Å². The molecule has 0 aliphatic carbocycles. The fourth-order valence-corrected chi connectivity index (χ4v) is 1.95. The van der Waals surface area contributed by atoms with E-state index < -0.39 is 0 Å². The van der Waals surface area contributed by atoms with Gasteiger partial charge in [-0.15, -0.1) is 0 Å². The Morgan fingerprint density at radius 3 is 3.08 bits per heavy atom. The molecule has 2 rings (SSSR count). The molecule has 1 atom stereocenters. The van der Waals surface area contributed by atoms with Crippen molar-refractivity contribution in [3.63, 3.8) is 0 Å². The average molecular weight is 241 g/mol. The van der Waals surface area contributed by atoms with Gasteiger partial charge in [0.15, 0.2) is 0 Å². The number of anilines is 2. The maximum absolute atomic E-state index is 3.47. The van der Waals surface area contributed by atoms with E-state index in [4.69, 9.17) is 0 Å². The van der Waals surface area contributed by atoms with Gasteiger partial charge in [0.1, 0.15) is 0 Å². The van der Waals surface area contributed by atoms with E-state index in [1.54, 1.807) is 0 Å². The molecule has 2 nitrogen and oxygen atoms in total. The highest BCUT2D eigenvalue weighted by Crippen LogP contribution is 2.32. The number of halogens is 1. The number of likely N-dealkylation sites (N-methyl/N-ethyl adjacent to an activating group) is 1. The average Bonchev–Trinajstić information content (AvgIpc) is 2.12. The van der Waals surface area contributed by atoms with Crippen LogP contribution in [-0.2, 0) is 0 Å². The fourth-order valence-electron chi connectivity index (χ4n) is 1.59. The first kappa shape index (κ1) is 8.88. The van der Waals surface area contributed by atoms with Gasteiger partial charge in [0.05, 0.1) is 11.4 Å². The fraction of sp³-hybridized carbons (Fsp3) is 0.400. The second-order valence-corrected chi connectivity index (χ2v) is 4.42. The summed E-state index contributed by atoms with van der Waals surface area (Å²) >= 11 is 3.47. The monoisotopic (exact) mass is 240 g/mol. The number of rotatable bonds is 0. The van der Waals surface area contributed by atoms with E-state index >= 15 is 0 Å². The third-order valence-corrected chi connectivity index (χ3v) is 3.08. The number of hydrogen-bond acceptors (Lipinski definition) is 2. The first-order valence-corrected chi connectivity index (χ1v) is 5.24. The van der Waals surface area contributed by atoms with Gasteiger partial charge >= 0.3 is 0 Å². The Morgan fingerprint density at radius 1 is 1.54 bits per heavy atom. The second kappa shape index (κ2) is 3.22. The Labute approximate surface area is 87.1 Å². The van der Waals surface area contributed by atoms with E-state index in [1.165, 1.54) is 11.4 Å². The van der Waals surface area contributed by atoms with E-state index in [2.05, 4.69) is 58.3 Å². The highest BCUT2D eigenvalue weighted by Gasteiger charge is 2.18.